The van der Waals surface area contributed by atoms with Crippen LogP contribution >= 0.6 is 0 Å². The third-order valence-electron chi connectivity index (χ3n) is 7.25. The first kappa shape index (κ1) is 38.6. The molecule has 2 rings (SSSR count). The first-order chi connectivity index (χ1) is 19.1. The molecule has 5 nitrogen and oxygen atoms in total. The lowest BCUT2D eigenvalue weighted by atomic mass is 9.72. The molecule has 0 saturated heterocycles. The maximum absolute atomic E-state index is 12.7. The normalized spacial score (nSPS) is 15.8. The van der Waals surface area contributed by atoms with Gasteiger partial charge in [0.1, 0.15) is 23.1 Å². The van der Waals surface area contributed by atoms with Crippen LogP contribution in [0.2, 0.25) is 0 Å². The summed E-state index contributed by atoms with van der Waals surface area (Å²) >= 11 is 0. The first-order valence-corrected chi connectivity index (χ1v) is 15.7. The predicted octanol–water partition coefficient (Wildman–Crippen LogP) is 8.90. The number of Topliss-reactive ketones (excluding diaryl/α,β-unsaturated/α-hetero) is 5. The molecule has 0 fully saturated rings. The van der Waals surface area contributed by atoms with Crippen molar-refractivity contribution in [2.24, 2.45) is 23.2 Å². The highest BCUT2D eigenvalue weighted by molar-refractivity contribution is 6.00. The second-order valence-corrected chi connectivity index (χ2v) is 13.1. The van der Waals surface area contributed by atoms with E-state index in [2.05, 4.69) is 26.8 Å². The molecule has 0 aliphatic heterocycles. The summed E-state index contributed by atoms with van der Waals surface area (Å²) in [6.07, 6.45) is 7.84. The Morgan fingerprint density at radius 2 is 1.54 bits per heavy atom. The van der Waals surface area contributed by atoms with Crippen molar-refractivity contribution in [2.45, 2.75) is 140 Å². The summed E-state index contributed by atoms with van der Waals surface area (Å²) in [7, 11) is 0. The molecule has 0 radical (unpaired) electrons. The van der Waals surface area contributed by atoms with Crippen LogP contribution in [0.1, 0.15) is 148 Å². The average Bonchev–Trinajstić information content (AvgIpc) is 2.82. The van der Waals surface area contributed by atoms with Crippen LogP contribution in [0.4, 0.5) is 0 Å². The molecule has 5 heteroatoms. The number of hydrogen-bond acceptors (Lipinski definition) is 5. The van der Waals surface area contributed by atoms with Gasteiger partial charge in [-0.25, -0.2) is 0 Å². The van der Waals surface area contributed by atoms with E-state index in [1.165, 1.54) is 20.3 Å². The van der Waals surface area contributed by atoms with E-state index >= 15 is 0 Å². The zero-order valence-electron chi connectivity index (χ0n) is 27.8. The Balaban J connectivity index is 0.000000893. The fourth-order valence-corrected chi connectivity index (χ4v) is 5.69. The van der Waals surface area contributed by atoms with Crippen LogP contribution in [0, 0.1) is 30.1 Å². The van der Waals surface area contributed by atoms with Crippen molar-refractivity contribution in [3.63, 3.8) is 0 Å². The summed E-state index contributed by atoms with van der Waals surface area (Å²) in [5, 5.41) is 0. The van der Waals surface area contributed by atoms with Gasteiger partial charge in [-0.05, 0) is 68.4 Å². The highest BCUT2D eigenvalue weighted by Gasteiger charge is 2.32. The predicted molar refractivity (Wildman–Crippen MR) is 169 cm³/mol. The monoisotopic (exact) mass is 570 g/mol. The summed E-state index contributed by atoms with van der Waals surface area (Å²) in [4.78, 5) is 58.4. The lowest BCUT2D eigenvalue weighted by Gasteiger charge is -2.31. The van der Waals surface area contributed by atoms with Gasteiger partial charge >= 0.3 is 0 Å². The highest BCUT2D eigenvalue weighted by Crippen LogP contribution is 2.36. The molecule has 3 atom stereocenters. The molecule has 41 heavy (non-hydrogen) atoms. The number of benzene rings is 1. The average molecular weight is 571 g/mol. The summed E-state index contributed by atoms with van der Waals surface area (Å²) in [6, 6.07) is 6.10. The Kier molecular flexibility index (Phi) is 18.5. The van der Waals surface area contributed by atoms with Gasteiger partial charge in [-0.15, -0.1) is 0 Å². The van der Waals surface area contributed by atoms with Crippen LogP contribution < -0.4 is 0 Å². The van der Waals surface area contributed by atoms with Crippen molar-refractivity contribution >= 4 is 28.9 Å². The molecule has 0 aromatic heterocycles. The quantitative estimate of drug-likeness (QED) is 0.221. The molecule has 1 aromatic rings. The smallest absolute Gasteiger partial charge is 0.163 e. The molecule has 0 N–H and O–H groups in total. The van der Waals surface area contributed by atoms with Crippen LogP contribution in [-0.4, -0.2) is 28.9 Å². The Morgan fingerprint density at radius 1 is 0.927 bits per heavy atom. The number of rotatable bonds is 13. The maximum Gasteiger partial charge on any atom is 0.163 e. The van der Waals surface area contributed by atoms with E-state index in [0.29, 0.717) is 31.6 Å². The van der Waals surface area contributed by atoms with Crippen LogP contribution in [0.5, 0.6) is 0 Å². The van der Waals surface area contributed by atoms with Gasteiger partial charge in [-0.1, -0.05) is 85.9 Å². The molecule has 0 heterocycles. The summed E-state index contributed by atoms with van der Waals surface area (Å²) in [5.41, 5.74) is 3.19. The van der Waals surface area contributed by atoms with Gasteiger partial charge in [0.05, 0.1) is 6.42 Å². The first-order valence-electron chi connectivity index (χ1n) is 15.7. The number of ketones is 5. The molecular formula is C36H58O5. The van der Waals surface area contributed by atoms with Gasteiger partial charge in [0.25, 0.3) is 0 Å². The summed E-state index contributed by atoms with van der Waals surface area (Å²) < 4.78 is 0. The van der Waals surface area contributed by atoms with Crippen LogP contribution in [0.25, 0.3) is 0 Å². The van der Waals surface area contributed by atoms with E-state index in [4.69, 9.17) is 0 Å². The van der Waals surface area contributed by atoms with Crippen molar-refractivity contribution in [1.82, 2.24) is 0 Å². The zero-order valence-corrected chi connectivity index (χ0v) is 27.8. The van der Waals surface area contributed by atoms with Crippen LogP contribution in [-0.2, 0) is 25.6 Å². The molecule has 1 aromatic carbocycles. The molecule has 3 unspecified atom stereocenters. The minimum atomic E-state index is -0.0622. The Hall–Kier alpha value is -2.43. The van der Waals surface area contributed by atoms with Gasteiger partial charge in [-0.2, -0.15) is 0 Å². The molecule has 1 aliphatic rings. The molecular weight excluding hydrogens is 512 g/mol. The minimum absolute atomic E-state index is 0.0460. The highest BCUT2D eigenvalue weighted by atomic mass is 16.2. The van der Waals surface area contributed by atoms with E-state index in [1.54, 1.807) is 0 Å². The number of fused-ring (bicyclic) bond motifs is 1. The lowest BCUT2D eigenvalue weighted by Crippen LogP contribution is -2.29. The van der Waals surface area contributed by atoms with Crippen molar-refractivity contribution in [3.8, 4) is 0 Å². The van der Waals surface area contributed by atoms with Gasteiger partial charge in [0.2, 0.25) is 0 Å². The Bertz CT molecular complexity index is 998. The fraction of sp³-hybridized carbons (Fsp3) is 0.694. The zero-order chi connectivity index (χ0) is 31.8. The van der Waals surface area contributed by atoms with Crippen molar-refractivity contribution < 1.29 is 24.0 Å². The summed E-state index contributed by atoms with van der Waals surface area (Å²) in [5.74, 6) is 1.06. The Labute approximate surface area is 250 Å². The van der Waals surface area contributed by atoms with Crippen molar-refractivity contribution in [3.05, 3.63) is 34.9 Å². The molecule has 0 saturated carbocycles. The van der Waals surface area contributed by atoms with E-state index in [-0.39, 0.29) is 52.6 Å². The number of carbonyl (C=O) groups is 5. The standard InChI is InChI=1S/C23H32O3.C10H18O2.C3H8/c1-5-8-18(20(6-2)21(25)11-16(4)24)12-17-13-19-10-7-9-15(3)23(19)22(26)14-17;1-8(11)5-6-9(12)7-10(2,3)4;1-3-2/h7,9-10,17-18,20H,5-6,8,11-14H2,1-4H3;5-7H2,1-4H3;3H2,1-2H3. The van der Waals surface area contributed by atoms with Crippen LogP contribution in [0.3, 0.4) is 0 Å². The lowest BCUT2D eigenvalue weighted by molar-refractivity contribution is -0.130. The molecule has 1 aliphatic carbocycles. The van der Waals surface area contributed by atoms with E-state index < -0.39 is 0 Å². The Morgan fingerprint density at radius 3 is 2.02 bits per heavy atom. The molecule has 232 valence electrons. The van der Waals surface area contributed by atoms with E-state index in [1.807, 2.05) is 46.8 Å². The maximum atomic E-state index is 12.7. The number of hydrogen-bond donors (Lipinski definition) is 0. The second kappa shape index (κ2) is 19.6. The molecule has 0 spiro atoms. The third-order valence-corrected chi connectivity index (χ3v) is 7.25. The van der Waals surface area contributed by atoms with Gasteiger partial charge in [0.15, 0.2) is 5.78 Å². The minimum Gasteiger partial charge on any atom is -0.300 e. The molecule has 0 bridgehead atoms. The van der Waals surface area contributed by atoms with Crippen LogP contribution in [0.15, 0.2) is 18.2 Å². The summed E-state index contributed by atoms with van der Waals surface area (Å²) in [6.45, 7) is 19.5. The largest absolute Gasteiger partial charge is 0.300 e. The number of aryl methyl sites for hydroxylation is 1. The van der Waals surface area contributed by atoms with Gasteiger partial charge in [-0.3, -0.25) is 19.2 Å². The van der Waals surface area contributed by atoms with Gasteiger partial charge in [0, 0.05) is 37.2 Å². The number of carbonyl (C=O) groups excluding carboxylic acids is 5. The topological polar surface area (TPSA) is 85.3 Å². The molecule has 0 amide bonds. The second-order valence-electron chi connectivity index (χ2n) is 13.1. The third kappa shape index (κ3) is 16.0. The van der Waals surface area contributed by atoms with E-state index in [0.717, 1.165) is 48.8 Å². The van der Waals surface area contributed by atoms with Crippen molar-refractivity contribution in [2.75, 3.05) is 0 Å². The SMILES string of the molecule is CC(=O)CCC(=O)CC(C)(C)C.CCC.CCCC(CC1CC(=O)c2c(C)cccc2C1)C(CC)C(=O)CC(C)=O. The van der Waals surface area contributed by atoms with Gasteiger partial charge < -0.3 is 4.79 Å². The van der Waals surface area contributed by atoms with Crippen molar-refractivity contribution in [1.29, 1.82) is 0 Å². The van der Waals surface area contributed by atoms with E-state index in [9.17, 15) is 24.0 Å². The fourth-order valence-electron chi connectivity index (χ4n) is 5.69.